The Morgan fingerprint density at radius 1 is 1.32 bits per heavy atom. The Morgan fingerprint density at radius 3 is 2.71 bits per heavy atom. The third-order valence-electron chi connectivity index (χ3n) is 7.91. The van der Waals surface area contributed by atoms with Gasteiger partial charge in [0.2, 0.25) is 0 Å². The molecule has 0 aromatic carbocycles. The molecule has 0 bridgehead atoms. The van der Waals surface area contributed by atoms with Gasteiger partial charge in [0.1, 0.15) is 23.4 Å². The number of ether oxygens (including phenoxy) is 4. The minimum Gasteiger partial charge on any atom is -0.443 e. The largest absolute Gasteiger partial charge is 0.443 e. The van der Waals surface area contributed by atoms with E-state index in [2.05, 4.69) is 44.1 Å². The molecule has 7 atom stereocenters. The van der Waals surface area contributed by atoms with E-state index >= 15 is 0 Å². The van der Waals surface area contributed by atoms with Gasteiger partial charge in [-0.3, -0.25) is 0 Å². The van der Waals surface area contributed by atoms with Crippen molar-refractivity contribution in [3.05, 3.63) is 11.6 Å². The maximum atomic E-state index is 12.5. The second-order valence-electron chi connectivity index (χ2n) is 10.3. The first-order valence-corrected chi connectivity index (χ1v) is 11.9. The minimum atomic E-state index is -0.345. The summed E-state index contributed by atoms with van der Waals surface area (Å²) in [5.41, 5.74) is 0.789. The fourth-order valence-corrected chi connectivity index (χ4v) is 5.93. The van der Waals surface area contributed by atoms with E-state index in [0.29, 0.717) is 12.6 Å². The van der Waals surface area contributed by atoms with Crippen molar-refractivity contribution in [2.24, 2.45) is 5.92 Å². The number of rotatable bonds is 8. The summed E-state index contributed by atoms with van der Waals surface area (Å²) >= 11 is 0. The smallest absolute Gasteiger partial charge is 0.407 e. The Bertz CT molecular complexity index is 689. The zero-order valence-electron chi connectivity index (χ0n) is 19.8. The van der Waals surface area contributed by atoms with Gasteiger partial charge in [0.25, 0.3) is 0 Å². The summed E-state index contributed by atoms with van der Waals surface area (Å²) in [6, 6.07) is 0.558. The van der Waals surface area contributed by atoms with E-state index in [4.69, 9.17) is 18.9 Å². The lowest BCUT2D eigenvalue weighted by Gasteiger charge is -2.42. The van der Waals surface area contributed by atoms with Crippen LogP contribution in [0.2, 0.25) is 0 Å². The first kappa shape index (κ1) is 23.0. The Kier molecular flexibility index (Phi) is 6.69. The van der Waals surface area contributed by atoms with Crippen LogP contribution in [0.1, 0.15) is 59.3 Å². The maximum absolute atomic E-state index is 12.5. The summed E-state index contributed by atoms with van der Waals surface area (Å²) in [5, 5.41) is 2.96. The van der Waals surface area contributed by atoms with Crippen LogP contribution in [0.3, 0.4) is 0 Å². The van der Waals surface area contributed by atoms with Crippen molar-refractivity contribution in [1.29, 1.82) is 0 Å². The number of epoxide rings is 2. The molecule has 7 heteroatoms. The zero-order valence-corrected chi connectivity index (χ0v) is 19.8. The molecular formula is C24H40N2O5. The molecule has 0 radical (unpaired) electrons. The molecule has 0 aromatic heterocycles. The topological polar surface area (TPSA) is 75.9 Å². The number of carbonyl (C=O) groups is 1. The molecule has 0 aromatic rings. The predicted molar refractivity (Wildman–Crippen MR) is 118 cm³/mol. The molecule has 1 unspecified atom stereocenters. The van der Waals surface area contributed by atoms with Crippen molar-refractivity contribution in [3.63, 3.8) is 0 Å². The van der Waals surface area contributed by atoms with Gasteiger partial charge in [-0.05, 0) is 72.9 Å². The molecule has 1 N–H and O–H groups in total. The van der Waals surface area contributed by atoms with Gasteiger partial charge in [-0.25, -0.2) is 4.79 Å². The van der Waals surface area contributed by atoms with E-state index < -0.39 is 0 Å². The first-order chi connectivity index (χ1) is 14.8. The number of allylic oxidation sites excluding steroid dienone is 1. The lowest BCUT2D eigenvalue weighted by Crippen LogP contribution is -2.56. The van der Waals surface area contributed by atoms with Gasteiger partial charge < -0.3 is 29.2 Å². The molecule has 3 heterocycles. The number of amides is 1. The molecule has 31 heavy (non-hydrogen) atoms. The number of alkyl carbamates (subject to hydrolysis) is 1. The van der Waals surface area contributed by atoms with Crippen LogP contribution in [-0.2, 0) is 18.9 Å². The summed E-state index contributed by atoms with van der Waals surface area (Å²) in [6.07, 6.45) is 7.44. The van der Waals surface area contributed by atoms with Crippen molar-refractivity contribution >= 4 is 6.09 Å². The van der Waals surface area contributed by atoms with Gasteiger partial charge in [0.05, 0.1) is 18.6 Å². The van der Waals surface area contributed by atoms with Gasteiger partial charge in [0, 0.05) is 19.7 Å². The molecule has 1 aliphatic carbocycles. The second-order valence-corrected chi connectivity index (χ2v) is 10.3. The van der Waals surface area contributed by atoms with E-state index in [-0.39, 0.29) is 41.5 Å². The first-order valence-electron chi connectivity index (χ1n) is 11.9. The van der Waals surface area contributed by atoms with Gasteiger partial charge in [-0.1, -0.05) is 11.6 Å². The van der Waals surface area contributed by atoms with Crippen LogP contribution >= 0.6 is 0 Å². The lowest BCUT2D eigenvalue weighted by atomic mass is 9.68. The average Bonchev–Trinajstić information content (AvgIpc) is 3.59. The Balaban J connectivity index is 1.34. The molecule has 1 saturated carbocycles. The standard InChI is InChI=1S/C24H40N2O5/c1-16(2)8-9-19-23(3,31-19)21-20(28-5)18(10-12-24(21)15-29-24)30-22(27)25-13-11-17-7-6-14-26(17)4/h8,17-21H,6-7,9-15H2,1-5H3,(H,25,27)/t17?,18-,19-,20-,21-,23+,24+/m1/s1. The van der Waals surface area contributed by atoms with Crippen LogP contribution < -0.4 is 5.32 Å². The van der Waals surface area contributed by atoms with E-state index in [1.807, 2.05) is 0 Å². The van der Waals surface area contributed by atoms with Crippen LogP contribution in [-0.4, -0.2) is 80.4 Å². The Hall–Kier alpha value is -1.15. The maximum Gasteiger partial charge on any atom is 0.407 e. The van der Waals surface area contributed by atoms with Crippen LogP contribution in [0.25, 0.3) is 0 Å². The number of hydrogen-bond donors (Lipinski definition) is 1. The quantitative estimate of drug-likeness (QED) is 0.465. The van der Waals surface area contributed by atoms with Crippen LogP contribution in [0.4, 0.5) is 4.79 Å². The van der Waals surface area contributed by atoms with Crippen molar-refractivity contribution in [1.82, 2.24) is 10.2 Å². The summed E-state index contributed by atoms with van der Waals surface area (Å²) in [7, 11) is 3.86. The molecule has 176 valence electrons. The van der Waals surface area contributed by atoms with Crippen LogP contribution in [0, 0.1) is 5.92 Å². The SMILES string of the molecule is CO[C@@H]1[C@H](OC(=O)NCCC2CCCN2C)CC[C@]2(CO2)[C@H]1[C@@]1(C)O[C@@H]1CC=C(C)C. The van der Waals surface area contributed by atoms with E-state index in [1.54, 1.807) is 7.11 Å². The number of likely N-dealkylation sites (tertiary alicyclic amines) is 1. The van der Waals surface area contributed by atoms with Crippen molar-refractivity contribution in [3.8, 4) is 0 Å². The van der Waals surface area contributed by atoms with Gasteiger partial charge >= 0.3 is 6.09 Å². The summed E-state index contributed by atoms with van der Waals surface area (Å²) in [4.78, 5) is 14.9. The van der Waals surface area contributed by atoms with Crippen molar-refractivity contribution in [2.45, 2.75) is 94.9 Å². The monoisotopic (exact) mass is 436 g/mol. The molecule has 4 fully saturated rings. The van der Waals surface area contributed by atoms with E-state index in [0.717, 1.165) is 38.8 Å². The Labute approximate surface area is 186 Å². The molecule has 4 rings (SSSR count). The van der Waals surface area contributed by atoms with Crippen molar-refractivity contribution in [2.75, 3.05) is 33.9 Å². The third kappa shape index (κ3) is 4.80. The van der Waals surface area contributed by atoms with E-state index in [9.17, 15) is 4.79 Å². The van der Waals surface area contributed by atoms with Gasteiger partial charge in [0.15, 0.2) is 0 Å². The molecule has 4 aliphatic rings. The highest BCUT2D eigenvalue weighted by Gasteiger charge is 2.72. The number of nitrogens with zero attached hydrogens (tertiary/aromatic N) is 1. The summed E-state index contributed by atoms with van der Waals surface area (Å²) < 4.78 is 24.0. The number of carbonyl (C=O) groups excluding carboxylic acids is 1. The highest BCUT2D eigenvalue weighted by molar-refractivity contribution is 5.67. The number of hydrogen-bond acceptors (Lipinski definition) is 6. The zero-order chi connectivity index (χ0) is 22.2. The van der Waals surface area contributed by atoms with Gasteiger partial charge in [-0.2, -0.15) is 0 Å². The second kappa shape index (κ2) is 9.00. The highest BCUT2D eigenvalue weighted by atomic mass is 16.6. The molecule has 1 spiro atoms. The molecule has 3 aliphatic heterocycles. The number of methoxy groups -OCH3 is 1. The van der Waals surface area contributed by atoms with E-state index in [1.165, 1.54) is 18.4 Å². The fourth-order valence-electron chi connectivity index (χ4n) is 5.93. The average molecular weight is 437 g/mol. The predicted octanol–water partition coefficient (Wildman–Crippen LogP) is 3.27. The minimum absolute atomic E-state index is 0.0549. The molecule has 7 nitrogen and oxygen atoms in total. The van der Waals surface area contributed by atoms with Crippen molar-refractivity contribution < 1.29 is 23.7 Å². The molecular weight excluding hydrogens is 396 g/mol. The molecule has 3 saturated heterocycles. The third-order valence-corrected chi connectivity index (χ3v) is 7.91. The Morgan fingerprint density at radius 2 is 2.10 bits per heavy atom. The molecule has 1 amide bonds. The van der Waals surface area contributed by atoms with Crippen LogP contribution in [0.5, 0.6) is 0 Å². The van der Waals surface area contributed by atoms with Crippen LogP contribution in [0.15, 0.2) is 11.6 Å². The highest BCUT2D eigenvalue weighted by Crippen LogP contribution is 2.59. The summed E-state index contributed by atoms with van der Waals surface area (Å²) in [6.45, 7) is 8.90. The normalized spacial score (nSPS) is 41.8. The lowest BCUT2D eigenvalue weighted by molar-refractivity contribution is -0.118. The van der Waals surface area contributed by atoms with Gasteiger partial charge in [-0.15, -0.1) is 0 Å². The fraction of sp³-hybridized carbons (Fsp3) is 0.875. The summed E-state index contributed by atoms with van der Waals surface area (Å²) in [5.74, 6) is 0.0549. The number of nitrogens with one attached hydrogen (secondary N) is 1.